The summed E-state index contributed by atoms with van der Waals surface area (Å²) in [5.74, 6) is -0.275. The van der Waals surface area contributed by atoms with Crippen molar-refractivity contribution in [2.45, 2.75) is 38.7 Å². The molecular weight excluding hydrogens is 309 g/mol. The topological polar surface area (TPSA) is 52.9 Å². The van der Waals surface area contributed by atoms with Crippen LogP contribution in [0.15, 0.2) is 12.1 Å². The van der Waals surface area contributed by atoms with Crippen molar-refractivity contribution >= 4 is 0 Å². The van der Waals surface area contributed by atoms with Crippen molar-refractivity contribution in [3.63, 3.8) is 0 Å². The highest BCUT2D eigenvalue weighted by Crippen LogP contribution is 2.58. The molecule has 1 unspecified atom stereocenters. The van der Waals surface area contributed by atoms with E-state index < -0.39 is 11.4 Å². The molecule has 0 radical (unpaired) electrons. The average molecular weight is 337 g/mol. The van der Waals surface area contributed by atoms with Gasteiger partial charge in [-0.2, -0.15) is 0 Å². The minimum Gasteiger partial charge on any atom is -0.488 e. The van der Waals surface area contributed by atoms with Gasteiger partial charge in [0.15, 0.2) is 11.6 Å². The number of ether oxygens (including phenoxy) is 1. The molecule has 4 nitrogen and oxygen atoms in total. The standard InChI is InChI=1S/C19H28FNO3/c1-18(2)12-13-4-5-15(20)17(24-11-10-22)16(13)19(18,23)14-6-8-21(3)9-7-14/h4-5,14,22-23H,6-12H2,1-3H3. The highest BCUT2D eigenvalue weighted by Gasteiger charge is 2.57. The molecule has 1 atom stereocenters. The molecule has 1 saturated heterocycles. The number of likely N-dealkylation sites (tertiary alicyclic amines) is 1. The summed E-state index contributed by atoms with van der Waals surface area (Å²) in [6.45, 7) is 5.82. The maximum absolute atomic E-state index is 14.5. The fourth-order valence-electron chi connectivity index (χ4n) is 4.58. The number of aliphatic hydroxyl groups excluding tert-OH is 1. The third kappa shape index (κ3) is 2.63. The minimum atomic E-state index is -1.11. The summed E-state index contributed by atoms with van der Waals surface area (Å²) >= 11 is 0. The van der Waals surface area contributed by atoms with Gasteiger partial charge in [-0.25, -0.2) is 4.39 Å². The Morgan fingerprint density at radius 2 is 1.96 bits per heavy atom. The first-order valence-electron chi connectivity index (χ1n) is 8.77. The molecule has 0 amide bonds. The van der Waals surface area contributed by atoms with Gasteiger partial charge >= 0.3 is 0 Å². The molecule has 1 aliphatic heterocycles. The van der Waals surface area contributed by atoms with Crippen LogP contribution in [0.5, 0.6) is 5.75 Å². The summed E-state index contributed by atoms with van der Waals surface area (Å²) in [7, 11) is 2.09. The number of piperidine rings is 1. The molecule has 2 aliphatic rings. The van der Waals surface area contributed by atoms with Crippen LogP contribution in [0.2, 0.25) is 0 Å². The summed E-state index contributed by atoms with van der Waals surface area (Å²) < 4.78 is 20.0. The van der Waals surface area contributed by atoms with E-state index in [-0.39, 0.29) is 30.3 Å². The molecule has 1 fully saturated rings. The van der Waals surface area contributed by atoms with E-state index in [2.05, 4.69) is 25.8 Å². The second kappa shape index (κ2) is 6.28. The SMILES string of the molecule is CN1CCC(C2(O)c3c(ccc(F)c3OCCO)CC2(C)C)CC1. The van der Waals surface area contributed by atoms with Crippen molar-refractivity contribution in [3.8, 4) is 5.75 Å². The number of benzene rings is 1. The van der Waals surface area contributed by atoms with Crippen molar-refractivity contribution in [1.29, 1.82) is 0 Å². The predicted molar refractivity (Wildman–Crippen MR) is 90.6 cm³/mol. The molecule has 134 valence electrons. The van der Waals surface area contributed by atoms with Crippen LogP contribution in [0.1, 0.15) is 37.8 Å². The predicted octanol–water partition coefficient (Wildman–Crippen LogP) is 2.31. The van der Waals surface area contributed by atoms with Gasteiger partial charge in [-0.15, -0.1) is 0 Å². The normalized spacial score (nSPS) is 27.2. The van der Waals surface area contributed by atoms with Crippen LogP contribution < -0.4 is 4.74 Å². The number of nitrogens with zero attached hydrogens (tertiary/aromatic N) is 1. The Bertz CT molecular complexity index is 611. The zero-order valence-corrected chi connectivity index (χ0v) is 14.8. The minimum absolute atomic E-state index is 0.0251. The molecule has 0 aromatic heterocycles. The van der Waals surface area contributed by atoms with Crippen molar-refractivity contribution in [2.24, 2.45) is 11.3 Å². The van der Waals surface area contributed by atoms with Crippen molar-refractivity contribution < 1.29 is 19.3 Å². The quantitative estimate of drug-likeness (QED) is 0.885. The lowest BCUT2D eigenvalue weighted by molar-refractivity contribution is -0.122. The Balaban J connectivity index is 2.09. The molecule has 0 saturated carbocycles. The highest BCUT2D eigenvalue weighted by molar-refractivity contribution is 5.51. The number of hydrogen-bond donors (Lipinski definition) is 2. The number of halogens is 1. The molecule has 1 aliphatic carbocycles. The fourth-order valence-corrected chi connectivity index (χ4v) is 4.58. The first-order chi connectivity index (χ1) is 11.3. The molecular formula is C19H28FNO3. The van der Waals surface area contributed by atoms with Crippen LogP contribution in [0.4, 0.5) is 4.39 Å². The lowest BCUT2D eigenvalue weighted by Crippen LogP contribution is -2.49. The van der Waals surface area contributed by atoms with Crippen molar-refractivity contribution in [3.05, 3.63) is 29.1 Å². The Hall–Kier alpha value is -1.17. The second-order valence-corrected chi connectivity index (χ2v) is 7.89. The maximum atomic E-state index is 14.5. The first-order valence-corrected chi connectivity index (χ1v) is 8.77. The molecule has 1 aromatic rings. The van der Waals surface area contributed by atoms with Crippen LogP contribution in [-0.2, 0) is 12.0 Å². The molecule has 5 heteroatoms. The summed E-state index contributed by atoms with van der Waals surface area (Å²) in [6, 6.07) is 3.17. The number of hydrogen-bond acceptors (Lipinski definition) is 4. The Labute approximate surface area is 143 Å². The molecule has 24 heavy (non-hydrogen) atoms. The van der Waals surface area contributed by atoms with Gasteiger partial charge in [-0.3, -0.25) is 0 Å². The average Bonchev–Trinajstić information content (AvgIpc) is 2.75. The monoisotopic (exact) mass is 337 g/mol. The summed E-state index contributed by atoms with van der Waals surface area (Å²) in [5.41, 5.74) is 0.0589. The van der Waals surface area contributed by atoms with Crippen LogP contribution in [0.3, 0.4) is 0 Å². The van der Waals surface area contributed by atoms with Crippen molar-refractivity contribution in [1.82, 2.24) is 4.90 Å². The Kier molecular flexibility index (Phi) is 4.62. The van der Waals surface area contributed by atoms with Gasteiger partial charge < -0.3 is 19.8 Å². The Morgan fingerprint density at radius 3 is 2.58 bits per heavy atom. The van der Waals surface area contributed by atoms with Crippen LogP contribution in [0.25, 0.3) is 0 Å². The molecule has 1 heterocycles. The number of rotatable bonds is 4. The van der Waals surface area contributed by atoms with E-state index >= 15 is 0 Å². The van der Waals surface area contributed by atoms with Crippen LogP contribution in [-0.4, -0.2) is 48.5 Å². The van der Waals surface area contributed by atoms with Gasteiger partial charge in [0.05, 0.1) is 6.61 Å². The zero-order valence-electron chi connectivity index (χ0n) is 14.8. The maximum Gasteiger partial charge on any atom is 0.165 e. The fraction of sp³-hybridized carbons (Fsp3) is 0.684. The van der Waals surface area contributed by atoms with Crippen molar-refractivity contribution in [2.75, 3.05) is 33.4 Å². The van der Waals surface area contributed by atoms with Gasteiger partial charge in [0.2, 0.25) is 0 Å². The van der Waals surface area contributed by atoms with Gasteiger partial charge in [0.1, 0.15) is 12.2 Å². The Morgan fingerprint density at radius 1 is 1.29 bits per heavy atom. The highest BCUT2D eigenvalue weighted by atomic mass is 19.1. The molecule has 0 bridgehead atoms. The molecule has 0 spiro atoms. The van der Waals surface area contributed by atoms with E-state index in [4.69, 9.17) is 9.84 Å². The summed E-state index contributed by atoms with van der Waals surface area (Å²) in [6.07, 6.45) is 2.46. The first kappa shape index (κ1) is 17.6. The van der Waals surface area contributed by atoms with Gasteiger partial charge in [-0.05, 0) is 56.9 Å². The summed E-state index contributed by atoms with van der Waals surface area (Å²) in [5, 5.41) is 20.9. The largest absolute Gasteiger partial charge is 0.488 e. The van der Waals surface area contributed by atoms with Crippen LogP contribution in [0, 0.1) is 17.2 Å². The van der Waals surface area contributed by atoms with Crippen LogP contribution >= 0.6 is 0 Å². The van der Waals surface area contributed by atoms with E-state index in [1.54, 1.807) is 6.07 Å². The second-order valence-electron chi connectivity index (χ2n) is 7.89. The smallest absolute Gasteiger partial charge is 0.165 e. The lowest BCUT2D eigenvalue weighted by Gasteiger charge is -2.46. The third-order valence-corrected chi connectivity index (χ3v) is 5.89. The van der Waals surface area contributed by atoms with E-state index in [0.717, 1.165) is 31.5 Å². The van der Waals surface area contributed by atoms with E-state index in [0.29, 0.717) is 12.0 Å². The summed E-state index contributed by atoms with van der Waals surface area (Å²) in [4.78, 5) is 2.26. The van der Waals surface area contributed by atoms with E-state index in [1.165, 1.54) is 6.07 Å². The zero-order chi connectivity index (χ0) is 17.5. The van der Waals surface area contributed by atoms with E-state index in [9.17, 15) is 9.50 Å². The molecule has 2 N–H and O–H groups in total. The van der Waals surface area contributed by atoms with Gasteiger partial charge in [0, 0.05) is 11.0 Å². The number of fused-ring (bicyclic) bond motifs is 1. The third-order valence-electron chi connectivity index (χ3n) is 5.89. The molecule has 1 aromatic carbocycles. The molecule has 3 rings (SSSR count). The van der Waals surface area contributed by atoms with Gasteiger partial charge in [-0.1, -0.05) is 19.9 Å². The lowest BCUT2D eigenvalue weighted by atomic mass is 9.65. The number of aliphatic hydroxyl groups is 2. The van der Waals surface area contributed by atoms with Gasteiger partial charge in [0.25, 0.3) is 0 Å². The van der Waals surface area contributed by atoms with E-state index in [1.807, 2.05) is 0 Å².